The zero-order chi connectivity index (χ0) is 17.4. The van der Waals surface area contributed by atoms with Crippen LogP contribution in [0.3, 0.4) is 0 Å². The number of para-hydroxylation sites is 1. The van der Waals surface area contributed by atoms with Gasteiger partial charge in [0.25, 0.3) is 0 Å². The van der Waals surface area contributed by atoms with E-state index in [-0.39, 0.29) is 17.6 Å². The van der Waals surface area contributed by atoms with Crippen molar-refractivity contribution >= 4 is 5.91 Å². The third kappa shape index (κ3) is 4.60. The van der Waals surface area contributed by atoms with Crippen LogP contribution in [0.25, 0.3) is 0 Å². The Hall–Kier alpha value is -2.29. The lowest BCUT2D eigenvalue weighted by Gasteiger charge is -2.27. The zero-order valence-electron chi connectivity index (χ0n) is 14.6. The van der Waals surface area contributed by atoms with Gasteiger partial charge in [0, 0.05) is 13.1 Å². The molecule has 0 spiro atoms. The second-order valence-corrected chi connectivity index (χ2v) is 6.12. The van der Waals surface area contributed by atoms with Crippen LogP contribution in [-0.4, -0.2) is 29.0 Å². The largest absolute Gasteiger partial charge is 0.508 e. The van der Waals surface area contributed by atoms with Gasteiger partial charge in [-0.1, -0.05) is 62.4 Å². The van der Waals surface area contributed by atoms with Crippen molar-refractivity contribution in [2.24, 2.45) is 0 Å². The average Bonchev–Trinajstić information content (AvgIpc) is 2.61. The van der Waals surface area contributed by atoms with Gasteiger partial charge in [0.1, 0.15) is 5.75 Å². The molecule has 1 atom stereocenters. The second-order valence-electron chi connectivity index (χ2n) is 6.12. The van der Waals surface area contributed by atoms with Crippen LogP contribution in [0.2, 0.25) is 0 Å². The maximum absolute atomic E-state index is 13.2. The van der Waals surface area contributed by atoms with Crippen molar-refractivity contribution in [2.75, 3.05) is 13.1 Å². The van der Waals surface area contributed by atoms with Gasteiger partial charge in [-0.25, -0.2) is 0 Å². The first kappa shape index (κ1) is 18.1. The lowest BCUT2D eigenvalue weighted by Crippen LogP contribution is -2.37. The number of phenolic OH excluding ortho intramolecular Hbond substituents is 1. The van der Waals surface area contributed by atoms with Gasteiger partial charge in [0.05, 0.1) is 5.92 Å². The smallest absolute Gasteiger partial charge is 0.230 e. The van der Waals surface area contributed by atoms with Crippen molar-refractivity contribution in [3.05, 3.63) is 65.7 Å². The van der Waals surface area contributed by atoms with E-state index in [1.54, 1.807) is 12.1 Å². The first-order valence-corrected chi connectivity index (χ1v) is 8.78. The molecule has 3 heteroatoms. The Morgan fingerprint density at radius 2 is 1.54 bits per heavy atom. The summed E-state index contributed by atoms with van der Waals surface area (Å²) in [6.45, 7) is 5.74. The van der Waals surface area contributed by atoms with Crippen molar-refractivity contribution < 1.29 is 9.90 Å². The number of benzene rings is 2. The number of nitrogens with zero attached hydrogens (tertiary/aromatic N) is 1. The van der Waals surface area contributed by atoms with Gasteiger partial charge in [-0.2, -0.15) is 0 Å². The number of carbonyl (C=O) groups excluding carboxylic acids is 1. The Labute approximate surface area is 144 Å². The maximum Gasteiger partial charge on any atom is 0.230 e. The number of phenols is 1. The van der Waals surface area contributed by atoms with E-state index < -0.39 is 0 Å². The summed E-state index contributed by atoms with van der Waals surface area (Å²) in [4.78, 5) is 15.1. The molecule has 0 aliphatic rings. The summed E-state index contributed by atoms with van der Waals surface area (Å²) in [7, 11) is 0. The van der Waals surface area contributed by atoms with Crippen molar-refractivity contribution in [3.8, 4) is 5.75 Å². The molecule has 2 aromatic rings. The molecule has 0 aliphatic carbocycles. The third-order valence-electron chi connectivity index (χ3n) is 4.21. The summed E-state index contributed by atoms with van der Waals surface area (Å²) in [5, 5.41) is 10.1. The van der Waals surface area contributed by atoms with Crippen LogP contribution in [0.5, 0.6) is 5.75 Å². The minimum atomic E-state index is -0.266. The molecule has 2 aromatic carbocycles. The number of aromatic hydroxyl groups is 1. The van der Waals surface area contributed by atoms with Crippen LogP contribution >= 0.6 is 0 Å². The Bertz CT molecular complexity index is 633. The minimum absolute atomic E-state index is 0.146. The topological polar surface area (TPSA) is 40.5 Å². The normalized spacial score (nSPS) is 11.9. The molecule has 2 rings (SSSR count). The Morgan fingerprint density at radius 3 is 2.12 bits per heavy atom. The molecule has 128 valence electrons. The Kier molecular flexibility index (Phi) is 6.86. The SMILES string of the molecule is CCCN(CCC)C(=O)C(Cc1ccccc1O)c1ccccc1. The van der Waals surface area contributed by atoms with Crippen molar-refractivity contribution in [1.29, 1.82) is 0 Å². The first-order chi connectivity index (χ1) is 11.7. The van der Waals surface area contributed by atoms with Crippen LogP contribution in [-0.2, 0) is 11.2 Å². The Balaban J connectivity index is 2.32. The summed E-state index contributed by atoms with van der Waals surface area (Å²) >= 11 is 0. The van der Waals surface area contributed by atoms with E-state index in [2.05, 4.69) is 13.8 Å². The zero-order valence-corrected chi connectivity index (χ0v) is 14.6. The maximum atomic E-state index is 13.2. The second kappa shape index (κ2) is 9.11. The van der Waals surface area contributed by atoms with Crippen LogP contribution in [0.1, 0.15) is 43.7 Å². The van der Waals surface area contributed by atoms with Gasteiger partial charge in [0.15, 0.2) is 0 Å². The van der Waals surface area contributed by atoms with Gasteiger partial charge in [-0.3, -0.25) is 4.79 Å². The molecule has 1 unspecified atom stereocenters. The summed E-state index contributed by atoms with van der Waals surface area (Å²) in [5.74, 6) is 0.134. The van der Waals surface area contributed by atoms with Gasteiger partial charge in [0.2, 0.25) is 5.91 Å². The highest BCUT2D eigenvalue weighted by Gasteiger charge is 2.26. The molecular weight excluding hydrogens is 298 g/mol. The molecule has 0 radical (unpaired) electrons. The van der Waals surface area contributed by atoms with E-state index in [0.717, 1.165) is 37.1 Å². The Morgan fingerprint density at radius 1 is 0.958 bits per heavy atom. The minimum Gasteiger partial charge on any atom is -0.508 e. The molecule has 0 saturated carbocycles. The number of amides is 1. The first-order valence-electron chi connectivity index (χ1n) is 8.78. The molecule has 1 N–H and O–H groups in total. The van der Waals surface area contributed by atoms with E-state index in [0.29, 0.717) is 6.42 Å². The number of hydrogen-bond donors (Lipinski definition) is 1. The fourth-order valence-electron chi connectivity index (χ4n) is 3.03. The van der Waals surface area contributed by atoms with E-state index >= 15 is 0 Å². The fraction of sp³-hybridized carbons (Fsp3) is 0.381. The van der Waals surface area contributed by atoms with Crippen molar-refractivity contribution in [2.45, 2.75) is 39.0 Å². The predicted octanol–water partition coefficient (Wildman–Crippen LogP) is 4.37. The monoisotopic (exact) mass is 325 g/mol. The van der Waals surface area contributed by atoms with Crippen LogP contribution < -0.4 is 0 Å². The van der Waals surface area contributed by atoms with Crippen LogP contribution in [0, 0.1) is 0 Å². The lowest BCUT2D eigenvalue weighted by atomic mass is 9.90. The van der Waals surface area contributed by atoms with Crippen LogP contribution in [0.15, 0.2) is 54.6 Å². The summed E-state index contributed by atoms with van der Waals surface area (Å²) < 4.78 is 0. The quantitative estimate of drug-likeness (QED) is 0.783. The molecule has 0 saturated heterocycles. The van der Waals surface area contributed by atoms with Crippen molar-refractivity contribution in [3.63, 3.8) is 0 Å². The third-order valence-corrected chi connectivity index (χ3v) is 4.21. The van der Waals surface area contributed by atoms with Gasteiger partial charge in [-0.05, 0) is 36.5 Å². The molecule has 0 heterocycles. The van der Waals surface area contributed by atoms with Crippen LogP contribution in [0.4, 0.5) is 0 Å². The van der Waals surface area contributed by atoms with E-state index in [1.165, 1.54) is 0 Å². The molecule has 0 bridgehead atoms. The molecule has 0 aromatic heterocycles. The summed E-state index contributed by atoms with van der Waals surface area (Å²) in [5.41, 5.74) is 1.82. The van der Waals surface area contributed by atoms with Gasteiger partial charge < -0.3 is 10.0 Å². The van der Waals surface area contributed by atoms with E-state index in [9.17, 15) is 9.90 Å². The van der Waals surface area contributed by atoms with Crippen molar-refractivity contribution in [1.82, 2.24) is 4.90 Å². The van der Waals surface area contributed by atoms with Gasteiger partial charge in [-0.15, -0.1) is 0 Å². The van der Waals surface area contributed by atoms with Gasteiger partial charge >= 0.3 is 0 Å². The standard InChI is InChI=1S/C21H27NO2/c1-3-14-22(15-4-2)21(24)19(17-10-6-5-7-11-17)16-18-12-8-9-13-20(18)23/h5-13,19,23H,3-4,14-16H2,1-2H3. The highest BCUT2D eigenvalue weighted by molar-refractivity contribution is 5.84. The lowest BCUT2D eigenvalue weighted by molar-refractivity contribution is -0.133. The van der Waals surface area contributed by atoms with E-state index in [1.807, 2.05) is 47.4 Å². The number of rotatable bonds is 8. The molecule has 0 aliphatic heterocycles. The number of hydrogen-bond acceptors (Lipinski definition) is 2. The average molecular weight is 325 g/mol. The summed E-state index contributed by atoms with van der Waals surface area (Å²) in [6.07, 6.45) is 2.41. The molecule has 1 amide bonds. The molecule has 3 nitrogen and oxygen atoms in total. The summed E-state index contributed by atoms with van der Waals surface area (Å²) in [6, 6.07) is 17.2. The van der Waals surface area contributed by atoms with E-state index in [4.69, 9.17) is 0 Å². The fourth-order valence-corrected chi connectivity index (χ4v) is 3.03. The highest BCUT2D eigenvalue weighted by atomic mass is 16.3. The molecule has 24 heavy (non-hydrogen) atoms. The molecular formula is C21H27NO2. The molecule has 0 fully saturated rings. The predicted molar refractivity (Wildman–Crippen MR) is 98.2 cm³/mol. The highest BCUT2D eigenvalue weighted by Crippen LogP contribution is 2.27. The number of carbonyl (C=O) groups is 1.